The zero-order valence-electron chi connectivity index (χ0n) is 48.8. The largest absolute Gasteiger partial charge is 0.457 e. The molecule has 6 atom stereocenters. The summed E-state index contributed by atoms with van der Waals surface area (Å²) in [5.74, 6) is -0.394. The first-order valence-corrected chi connectivity index (χ1v) is 33.1. The van der Waals surface area contributed by atoms with Crippen molar-refractivity contribution in [2.24, 2.45) is 0 Å². The molecule has 0 saturated carbocycles. The van der Waals surface area contributed by atoms with Gasteiger partial charge in [0.25, 0.3) is 0 Å². The second kappa shape index (κ2) is 53.9. The van der Waals surface area contributed by atoms with Crippen LogP contribution in [0.25, 0.3) is 0 Å². The molecule has 1 fully saturated rings. The lowest BCUT2D eigenvalue weighted by Gasteiger charge is -2.41. The lowest BCUT2D eigenvalue weighted by atomic mass is 9.99. The Bertz CT molecular complexity index is 1460. The van der Waals surface area contributed by atoms with Crippen LogP contribution in [0.1, 0.15) is 296 Å². The fraction of sp³-hybridized carbons (Fsp3) is 0.889. The van der Waals surface area contributed by atoms with Crippen molar-refractivity contribution in [3.8, 4) is 0 Å². The summed E-state index contributed by atoms with van der Waals surface area (Å²) >= 11 is 0. The predicted molar refractivity (Wildman–Crippen MR) is 313 cm³/mol. The van der Waals surface area contributed by atoms with Crippen molar-refractivity contribution in [2.45, 2.75) is 333 Å². The summed E-state index contributed by atoms with van der Waals surface area (Å²) in [5, 5.41) is 30.9. The second-order valence-electron chi connectivity index (χ2n) is 22.0. The summed E-state index contributed by atoms with van der Waals surface area (Å²) in [4.78, 5) is 13.0. The summed E-state index contributed by atoms with van der Waals surface area (Å²) in [6.07, 6.45) is 59.1. The van der Waals surface area contributed by atoms with Gasteiger partial charge in [0.2, 0.25) is 0 Å². The standard InChI is InChI=1S/C63H118O12S/c1-3-5-7-9-11-13-15-17-19-21-23-25-27-29-30-32-34-36-38-40-42-44-46-48-50-52-59(65)73-57(56-72-63-61(67)62(75-76(68,69)70)60(66)58(54-64)74-63)55-71-53-51-49-47-45-43-41-39-37-35-33-31-28-26-24-22-20-18-16-14-12-10-8-6-4-2/h16,18,22,24,28,31,57-58,60-64,66-67H,3-15,17,19-21,23,25-27,29-30,32-56H2,1-2H3,(H,68,69,70)/b18-16-,24-22-,31-28-. The molecule has 0 aromatic carbocycles. The number of ether oxygens (including phenoxy) is 4. The molecule has 13 heteroatoms. The Morgan fingerprint density at radius 1 is 0.500 bits per heavy atom. The van der Waals surface area contributed by atoms with E-state index in [1.807, 2.05) is 0 Å². The molecule has 4 N–H and O–H groups in total. The van der Waals surface area contributed by atoms with Crippen LogP contribution in [0.4, 0.5) is 0 Å². The van der Waals surface area contributed by atoms with Gasteiger partial charge in [-0.2, -0.15) is 8.42 Å². The molecule has 0 radical (unpaired) electrons. The fourth-order valence-electron chi connectivity index (χ4n) is 9.98. The van der Waals surface area contributed by atoms with Gasteiger partial charge in [-0.05, 0) is 51.4 Å². The molecule has 1 heterocycles. The zero-order valence-corrected chi connectivity index (χ0v) is 49.6. The minimum absolute atomic E-state index is 0.0356. The molecule has 0 spiro atoms. The molecule has 6 unspecified atom stereocenters. The van der Waals surface area contributed by atoms with Crippen LogP contribution in [-0.4, -0.2) is 97.5 Å². The molecule has 448 valence electrons. The van der Waals surface area contributed by atoms with E-state index in [0.717, 1.165) is 57.8 Å². The van der Waals surface area contributed by atoms with Crippen molar-refractivity contribution < 1.29 is 56.2 Å². The third kappa shape index (κ3) is 46.1. The lowest BCUT2D eigenvalue weighted by Crippen LogP contribution is -2.60. The van der Waals surface area contributed by atoms with Crippen molar-refractivity contribution in [3.05, 3.63) is 36.5 Å². The highest BCUT2D eigenvalue weighted by Gasteiger charge is 2.48. The van der Waals surface area contributed by atoms with Gasteiger partial charge in [-0.1, -0.05) is 275 Å². The van der Waals surface area contributed by atoms with Gasteiger partial charge in [0.15, 0.2) is 6.29 Å². The smallest absolute Gasteiger partial charge is 0.397 e. The number of allylic oxidation sites excluding steroid dienone is 6. The van der Waals surface area contributed by atoms with Crippen molar-refractivity contribution >= 4 is 16.4 Å². The van der Waals surface area contributed by atoms with Crippen molar-refractivity contribution in [3.63, 3.8) is 0 Å². The molecule has 1 aliphatic heterocycles. The van der Waals surface area contributed by atoms with E-state index in [2.05, 4.69) is 54.5 Å². The van der Waals surface area contributed by atoms with Gasteiger partial charge in [-0.15, -0.1) is 0 Å². The average Bonchev–Trinajstić information content (AvgIpc) is 3.40. The molecule has 0 bridgehead atoms. The van der Waals surface area contributed by atoms with Gasteiger partial charge in [-0.25, -0.2) is 4.18 Å². The van der Waals surface area contributed by atoms with Crippen LogP contribution >= 0.6 is 0 Å². The van der Waals surface area contributed by atoms with Crippen LogP contribution in [0, 0.1) is 0 Å². The van der Waals surface area contributed by atoms with Crippen LogP contribution in [0.5, 0.6) is 0 Å². The molecular formula is C63H118O12S. The van der Waals surface area contributed by atoms with E-state index < -0.39 is 59.8 Å². The number of unbranched alkanes of at least 4 members (excludes halogenated alkanes) is 38. The van der Waals surface area contributed by atoms with Gasteiger partial charge < -0.3 is 34.3 Å². The summed E-state index contributed by atoms with van der Waals surface area (Å²) < 4.78 is 59.6. The average molecular weight is 1100 g/mol. The first kappa shape index (κ1) is 72.3. The number of aliphatic hydroxyl groups is 3. The summed E-state index contributed by atoms with van der Waals surface area (Å²) in [6.45, 7) is 4.03. The van der Waals surface area contributed by atoms with Crippen LogP contribution in [0.2, 0.25) is 0 Å². The van der Waals surface area contributed by atoms with Gasteiger partial charge in [0.05, 0.1) is 19.8 Å². The molecule has 0 aliphatic carbocycles. The Hall–Kier alpha value is -1.68. The van der Waals surface area contributed by atoms with Gasteiger partial charge >= 0.3 is 16.4 Å². The van der Waals surface area contributed by atoms with Crippen LogP contribution in [0.3, 0.4) is 0 Å². The fourth-order valence-corrected chi connectivity index (χ4v) is 10.5. The highest BCUT2D eigenvalue weighted by molar-refractivity contribution is 7.80. The number of hydrogen-bond acceptors (Lipinski definition) is 11. The molecule has 1 saturated heterocycles. The number of esters is 1. The molecule has 0 amide bonds. The molecule has 12 nitrogen and oxygen atoms in total. The summed E-state index contributed by atoms with van der Waals surface area (Å²) in [7, 11) is -5.07. The Balaban J connectivity index is 2.25. The highest BCUT2D eigenvalue weighted by atomic mass is 32.3. The van der Waals surface area contributed by atoms with Crippen LogP contribution < -0.4 is 0 Å². The quantitative estimate of drug-likeness (QED) is 0.0196. The van der Waals surface area contributed by atoms with E-state index in [4.69, 9.17) is 18.9 Å². The molecule has 1 rings (SSSR count). The number of aliphatic hydroxyl groups excluding tert-OH is 3. The monoisotopic (exact) mass is 1100 g/mol. The third-order valence-electron chi connectivity index (χ3n) is 14.8. The summed E-state index contributed by atoms with van der Waals surface area (Å²) in [6, 6.07) is 0. The highest BCUT2D eigenvalue weighted by Crippen LogP contribution is 2.26. The van der Waals surface area contributed by atoms with Crippen molar-refractivity contribution in [1.29, 1.82) is 0 Å². The Morgan fingerprint density at radius 2 is 0.868 bits per heavy atom. The minimum atomic E-state index is -5.07. The van der Waals surface area contributed by atoms with E-state index in [-0.39, 0.29) is 19.6 Å². The molecule has 76 heavy (non-hydrogen) atoms. The normalized spacial score (nSPS) is 18.7. The third-order valence-corrected chi connectivity index (χ3v) is 15.2. The SMILES string of the molecule is CCCCCCC/C=C\C/C=C\C/C=C\CCCCCCCCCCCOCC(COC1OC(CO)C(O)C(OS(=O)(=O)O)C1O)OC(=O)CCCCCCCCCCCCCCCCCCCCCCCCCCC. The maximum Gasteiger partial charge on any atom is 0.397 e. The first-order chi connectivity index (χ1) is 37.1. The lowest BCUT2D eigenvalue weighted by molar-refractivity contribution is -0.301. The van der Waals surface area contributed by atoms with E-state index >= 15 is 0 Å². The Labute approximate surface area is 466 Å². The van der Waals surface area contributed by atoms with Gasteiger partial charge in [0, 0.05) is 13.0 Å². The number of carbonyl (C=O) groups is 1. The minimum Gasteiger partial charge on any atom is -0.457 e. The van der Waals surface area contributed by atoms with E-state index in [1.165, 1.54) is 212 Å². The van der Waals surface area contributed by atoms with E-state index in [9.17, 15) is 33.1 Å². The number of hydrogen-bond donors (Lipinski definition) is 4. The van der Waals surface area contributed by atoms with Crippen LogP contribution in [-0.2, 0) is 38.3 Å². The Morgan fingerprint density at radius 3 is 1.26 bits per heavy atom. The maximum absolute atomic E-state index is 13.0. The first-order valence-electron chi connectivity index (χ1n) is 31.7. The van der Waals surface area contributed by atoms with Crippen molar-refractivity contribution in [2.75, 3.05) is 26.4 Å². The number of carbonyl (C=O) groups excluding carboxylic acids is 1. The molecule has 0 aromatic heterocycles. The molecule has 0 aromatic rings. The Kier molecular flexibility index (Phi) is 51.3. The maximum atomic E-state index is 13.0. The topological polar surface area (TPSA) is 178 Å². The molecule has 1 aliphatic rings. The predicted octanol–water partition coefficient (Wildman–Crippen LogP) is 16.4. The van der Waals surface area contributed by atoms with Crippen LogP contribution in [0.15, 0.2) is 36.5 Å². The van der Waals surface area contributed by atoms with Gasteiger partial charge in [-0.3, -0.25) is 9.35 Å². The van der Waals surface area contributed by atoms with Gasteiger partial charge in [0.1, 0.15) is 30.5 Å². The van der Waals surface area contributed by atoms with Crippen molar-refractivity contribution in [1.82, 2.24) is 0 Å². The van der Waals surface area contributed by atoms with E-state index in [1.54, 1.807) is 0 Å². The zero-order chi connectivity index (χ0) is 55.3. The molecular weight excluding hydrogens is 981 g/mol. The second-order valence-corrected chi connectivity index (χ2v) is 23.1. The van der Waals surface area contributed by atoms with E-state index in [0.29, 0.717) is 13.0 Å². The number of rotatable bonds is 57. The summed E-state index contributed by atoms with van der Waals surface area (Å²) in [5.41, 5.74) is 0.